The molecule has 3 N–H and O–H groups in total. The van der Waals surface area contributed by atoms with E-state index in [-0.39, 0.29) is 18.1 Å². The van der Waals surface area contributed by atoms with E-state index < -0.39 is 23.3 Å². The van der Waals surface area contributed by atoms with Crippen LogP contribution in [0.25, 0.3) is 11.3 Å². The van der Waals surface area contributed by atoms with E-state index in [4.69, 9.17) is 14.2 Å². The van der Waals surface area contributed by atoms with Crippen LogP contribution in [-0.2, 0) is 20.8 Å². The largest absolute Gasteiger partial charge is 0.476 e. The summed E-state index contributed by atoms with van der Waals surface area (Å²) in [6.07, 6.45) is 3.28. The summed E-state index contributed by atoms with van der Waals surface area (Å²) in [4.78, 5) is 42.2. The number of nitrogens with zero attached hydrogens (tertiary/aromatic N) is 3. The van der Waals surface area contributed by atoms with Gasteiger partial charge in [0.05, 0.1) is 12.3 Å². The molecular weight excluding hydrogens is 612 g/mol. The maximum Gasteiger partial charge on any atom is 0.413 e. The van der Waals surface area contributed by atoms with Gasteiger partial charge in [-0.3, -0.25) is 10.4 Å². The van der Waals surface area contributed by atoms with Gasteiger partial charge in [0.1, 0.15) is 11.4 Å². The Morgan fingerprint density at radius 1 is 1.02 bits per heavy atom. The predicted octanol–water partition coefficient (Wildman–Crippen LogP) is 6.49. The smallest absolute Gasteiger partial charge is 0.413 e. The van der Waals surface area contributed by atoms with Gasteiger partial charge in [-0.1, -0.05) is 30.3 Å². The van der Waals surface area contributed by atoms with Gasteiger partial charge in [-0.2, -0.15) is 5.10 Å². The van der Waals surface area contributed by atoms with E-state index in [2.05, 4.69) is 25.7 Å². The van der Waals surface area contributed by atoms with Gasteiger partial charge in [-0.05, 0) is 90.5 Å². The molecular formula is C36H48N6O6. The van der Waals surface area contributed by atoms with Crippen LogP contribution in [0, 0.1) is 0 Å². The van der Waals surface area contributed by atoms with Crippen molar-refractivity contribution < 1.29 is 28.6 Å². The van der Waals surface area contributed by atoms with Crippen molar-refractivity contribution in [1.82, 2.24) is 20.4 Å². The van der Waals surface area contributed by atoms with Crippen LogP contribution in [-0.4, -0.2) is 76.2 Å². The third-order valence-corrected chi connectivity index (χ3v) is 8.15. The Bertz CT molecular complexity index is 1580. The number of carbonyl (C=O) groups is 3. The molecule has 3 amide bonds. The molecule has 1 aromatic heterocycles. The second-order valence-electron chi connectivity index (χ2n) is 13.9. The van der Waals surface area contributed by atoms with Crippen molar-refractivity contribution in [2.75, 3.05) is 29.9 Å². The fraction of sp³-hybridized carbons (Fsp3) is 0.500. The molecule has 0 unspecified atom stereocenters. The number of hydrogen-bond donors (Lipinski definition) is 3. The van der Waals surface area contributed by atoms with Crippen LogP contribution >= 0.6 is 0 Å². The molecule has 12 heteroatoms. The van der Waals surface area contributed by atoms with E-state index in [1.54, 1.807) is 47.6 Å². The quantitative estimate of drug-likeness (QED) is 0.199. The lowest BCUT2D eigenvalue weighted by Gasteiger charge is -2.36. The second-order valence-corrected chi connectivity index (χ2v) is 13.9. The molecule has 2 aromatic carbocycles. The SMILES string of the molecule is CCOC(=O)C(C)(C)Oc1cccc(N2CCC[C@@H](NC(=O)N(Cc3ccc(-c4cc(NC(=O)OC(C)(C)C)n[nH]4)cc3)C3CC3)C2)c1. The molecule has 0 bridgehead atoms. The molecule has 1 saturated carbocycles. The number of urea groups is 1. The summed E-state index contributed by atoms with van der Waals surface area (Å²) in [6.45, 7) is 12.9. The number of rotatable bonds is 11. The Labute approximate surface area is 282 Å². The van der Waals surface area contributed by atoms with E-state index in [0.29, 0.717) is 31.3 Å². The van der Waals surface area contributed by atoms with E-state index in [0.717, 1.165) is 54.7 Å². The number of nitrogens with one attached hydrogen (secondary N) is 3. The van der Waals surface area contributed by atoms with E-state index in [9.17, 15) is 14.4 Å². The maximum absolute atomic E-state index is 13.6. The number of hydrogen-bond acceptors (Lipinski definition) is 8. The molecule has 12 nitrogen and oxygen atoms in total. The summed E-state index contributed by atoms with van der Waals surface area (Å²) < 4.78 is 16.5. The highest BCUT2D eigenvalue weighted by Crippen LogP contribution is 2.31. The Morgan fingerprint density at radius 2 is 1.77 bits per heavy atom. The first-order valence-corrected chi connectivity index (χ1v) is 16.7. The Balaban J connectivity index is 1.17. The van der Waals surface area contributed by atoms with Gasteiger partial charge in [0, 0.05) is 49.5 Å². The highest BCUT2D eigenvalue weighted by Gasteiger charge is 2.35. The van der Waals surface area contributed by atoms with Crippen LogP contribution < -0.4 is 20.3 Å². The number of esters is 1. The van der Waals surface area contributed by atoms with Gasteiger partial charge in [-0.25, -0.2) is 14.4 Å². The number of anilines is 2. The van der Waals surface area contributed by atoms with Crippen molar-refractivity contribution in [3.63, 3.8) is 0 Å². The number of aromatic amines is 1. The number of amides is 3. The Morgan fingerprint density at radius 3 is 2.46 bits per heavy atom. The van der Waals surface area contributed by atoms with Crippen molar-refractivity contribution in [2.24, 2.45) is 0 Å². The molecule has 5 rings (SSSR count). The molecule has 1 aliphatic carbocycles. The monoisotopic (exact) mass is 660 g/mol. The normalized spacial score (nSPS) is 16.5. The zero-order valence-electron chi connectivity index (χ0n) is 28.8. The number of aromatic nitrogens is 2. The summed E-state index contributed by atoms with van der Waals surface area (Å²) in [7, 11) is 0. The minimum atomic E-state index is -1.11. The predicted molar refractivity (Wildman–Crippen MR) is 184 cm³/mol. The minimum absolute atomic E-state index is 0.000660. The molecule has 3 aromatic rings. The van der Waals surface area contributed by atoms with Crippen LogP contribution in [0.5, 0.6) is 5.75 Å². The number of ether oxygens (including phenoxy) is 3. The lowest BCUT2D eigenvalue weighted by Crippen LogP contribution is -2.52. The van der Waals surface area contributed by atoms with Crippen LogP contribution in [0.2, 0.25) is 0 Å². The van der Waals surface area contributed by atoms with Crippen molar-refractivity contribution in [3.8, 4) is 17.0 Å². The first-order chi connectivity index (χ1) is 22.8. The van der Waals surface area contributed by atoms with Gasteiger partial charge in [-0.15, -0.1) is 0 Å². The molecule has 1 saturated heterocycles. The molecule has 1 aliphatic heterocycles. The zero-order valence-corrected chi connectivity index (χ0v) is 28.8. The van der Waals surface area contributed by atoms with Crippen molar-refractivity contribution >= 4 is 29.6 Å². The number of carbonyl (C=O) groups excluding carboxylic acids is 3. The van der Waals surface area contributed by atoms with Crippen molar-refractivity contribution in [2.45, 2.75) is 97.1 Å². The van der Waals surface area contributed by atoms with E-state index in [1.807, 2.05) is 53.4 Å². The summed E-state index contributed by atoms with van der Waals surface area (Å²) in [6, 6.07) is 17.6. The van der Waals surface area contributed by atoms with Crippen LogP contribution in [0.15, 0.2) is 54.6 Å². The number of piperidine rings is 1. The Hall–Kier alpha value is -4.74. The highest BCUT2D eigenvalue weighted by molar-refractivity contribution is 5.84. The fourth-order valence-corrected chi connectivity index (χ4v) is 5.65. The zero-order chi connectivity index (χ0) is 34.5. The van der Waals surface area contributed by atoms with Crippen molar-refractivity contribution in [3.05, 3.63) is 60.2 Å². The van der Waals surface area contributed by atoms with Crippen LogP contribution in [0.3, 0.4) is 0 Å². The third-order valence-electron chi connectivity index (χ3n) is 8.15. The molecule has 0 radical (unpaired) electrons. The first kappa shape index (κ1) is 34.6. The molecule has 0 spiro atoms. The highest BCUT2D eigenvalue weighted by atomic mass is 16.6. The molecule has 1 atom stereocenters. The van der Waals surface area contributed by atoms with Gasteiger partial charge in [0.2, 0.25) is 0 Å². The summed E-state index contributed by atoms with van der Waals surface area (Å²) >= 11 is 0. The van der Waals surface area contributed by atoms with Crippen LogP contribution in [0.1, 0.15) is 72.8 Å². The summed E-state index contributed by atoms with van der Waals surface area (Å²) in [5, 5.41) is 13.1. The standard InChI is InChI=1S/C36H48N6O6/c1-7-46-32(43)36(5,6)47-29-12-8-11-28(20-29)41-19-9-10-26(23-41)37-33(44)42(27-17-18-27)22-24-13-15-25(16-14-24)30-21-31(40-39-30)38-34(45)48-35(2,3)4/h8,11-16,20-21,26-27H,7,9-10,17-19,22-23H2,1-6H3,(H,37,44)(H2,38,39,40,45)/t26-/m1/s1. The molecule has 2 aliphatic rings. The van der Waals surface area contributed by atoms with E-state index >= 15 is 0 Å². The summed E-state index contributed by atoms with van der Waals surface area (Å²) in [5.41, 5.74) is 1.96. The van der Waals surface area contributed by atoms with Crippen molar-refractivity contribution in [1.29, 1.82) is 0 Å². The number of H-pyrrole nitrogens is 1. The molecule has 2 heterocycles. The third kappa shape index (κ3) is 9.42. The lowest BCUT2D eigenvalue weighted by atomic mass is 10.0. The van der Waals surface area contributed by atoms with Gasteiger partial charge >= 0.3 is 18.1 Å². The lowest BCUT2D eigenvalue weighted by molar-refractivity contribution is -0.158. The second kappa shape index (κ2) is 14.6. The van der Waals surface area contributed by atoms with E-state index in [1.165, 1.54) is 0 Å². The molecule has 48 heavy (non-hydrogen) atoms. The topological polar surface area (TPSA) is 138 Å². The average Bonchev–Trinajstić information content (AvgIpc) is 3.77. The fourth-order valence-electron chi connectivity index (χ4n) is 5.65. The van der Waals surface area contributed by atoms with Gasteiger partial charge in [0.15, 0.2) is 11.4 Å². The average molecular weight is 661 g/mol. The van der Waals surface area contributed by atoms with Crippen LogP contribution in [0.4, 0.5) is 21.1 Å². The molecule has 258 valence electrons. The Kier molecular flexibility index (Phi) is 10.5. The molecule has 2 fully saturated rings. The van der Waals surface area contributed by atoms with Gasteiger partial charge < -0.3 is 29.3 Å². The number of benzene rings is 2. The minimum Gasteiger partial charge on any atom is -0.476 e. The van der Waals surface area contributed by atoms with Gasteiger partial charge in [0.25, 0.3) is 0 Å². The summed E-state index contributed by atoms with van der Waals surface area (Å²) in [5.74, 6) is 0.557. The maximum atomic E-state index is 13.6. The first-order valence-electron chi connectivity index (χ1n) is 16.7.